The van der Waals surface area contributed by atoms with Crippen LogP contribution in [0.25, 0.3) is 0 Å². The molecule has 190 valence electrons. The zero-order valence-corrected chi connectivity index (χ0v) is 21.4. The number of nitrogens with one attached hydrogen (secondary N) is 4. The Labute approximate surface area is 196 Å². The van der Waals surface area contributed by atoms with Gasteiger partial charge in [-0.15, -0.1) is 0 Å². The van der Waals surface area contributed by atoms with Crippen LogP contribution >= 0.6 is 0 Å². The molecule has 0 spiro atoms. The Bertz CT molecular complexity index is 740. The summed E-state index contributed by atoms with van der Waals surface area (Å²) in [7, 11) is 1.25. The number of methoxy groups -OCH3 is 1. The summed E-state index contributed by atoms with van der Waals surface area (Å²) >= 11 is 0. The average molecular weight is 473 g/mol. The van der Waals surface area contributed by atoms with Crippen LogP contribution in [-0.2, 0) is 28.7 Å². The largest absolute Gasteiger partial charge is 0.469 e. The minimum atomic E-state index is -1.36. The number of hydrogen-bond acceptors (Lipinski definition) is 7. The summed E-state index contributed by atoms with van der Waals surface area (Å²) in [6, 6.07) is -0.973. The van der Waals surface area contributed by atoms with E-state index in [2.05, 4.69) is 26.0 Å². The fraction of sp³-hybridized carbons (Fsp3) is 0.773. The van der Waals surface area contributed by atoms with Gasteiger partial charge in [0.1, 0.15) is 22.7 Å². The van der Waals surface area contributed by atoms with Gasteiger partial charge in [-0.25, -0.2) is 4.79 Å². The molecule has 0 fully saturated rings. The van der Waals surface area contributed by atoms with E-state index in [4.69, 9.17) is 4.74 Å². The molecule has 0 aromatic rings. The summed E-state index contributed by atoms with van der Waals surface area (Å²) in [5.41, 5.74) is -3.41. The number of rotatable bonds is 10. The van der Waals surface area contributed by atoms with Crippen LogP contribution < -0.4 is 21.3 Å². The molecule has 4 amide bonds. The lowest BCUT2D eigenvalue weighted by atomic mass is 9.97. The number of ether oxygens (including phenoxy) is 2. The minimum Gasteiger partial charge on any atom is -0.469 e. The molecule has 0 rings (SSSR count). The molecule has 0 aliphatic carbocycles. The van der Waals surface area contributed by atoms with Crippen LogP contribution in [0.1, 0.15) is 68.7 Å². The number of carbonyl (C=O) groups excluding carboxylic acids is 5. The molecule has 0 bridgehead atoms. The summed E-state index contributed by atoms with van der Waals surface area (Å²) in [5.74, 6) is -2.45. The Balaban J connectivity index is 5.17. The van der Waals surface area contributed by atoms with Crippen molar-refractivity contribution in [2.45, 2.75) is 91.5 Å². The molecule has 4 N–H and O–H groups in total. The maximum Gasteiger partial charge on any atom is 0.408 e. The molecule has 0 radical (unpaired) electrons. The van der Waals surface area contributed by atoms with E-state index in [0.717, 1.165) is 0 Å². The Hall–Kier alpha value is -2.85. The van der Waals surface area contributed by atoms with Crippen molar-refractivity contribution in [1.82, 2.24) is 21.3 Å². The molecule has 0 aromatic heterocycles. The lowest BCUT2D eigenvalue weighted by Crippen LogP contribution is -2.63. The van der Waals surface area contributed by atoms with Gasteiger partial charge in [0.2, 0.25) is 17.7 Å². The highest BCUT2D eigenvalue weighted by molar-refractivity contribution is 5.96. The van der Waals surface area contributed by atoms with Crippen molar-refractivity contribution in [1.29, 1.82) is 0 Å². The molecular weight excluding hydrogens is 432 g/mol. The van der Waals surface area contributed by atoms with Crippen molar-refractivity contribution in [3.63, 3.8) is 0 Å². The van der Waals surface area contributed by atoms with Gasteiger partial charge in [-0.2, -0.15) is 0 Å². The third-order valence-corrected chi connectivity index (χ3v) is 4.46. The van der Waals surface area contributed by atoms with E-state index in [1.165, 1.54) is 34.8 Å². The van der Waals surface area contributed by atoms with Gasteiger partial charge in [-0.3, -0.25) is 19.2 Å². The number of amides is 4. The molecule has 0 aromatic carbocycles. The Kier molecular flexibility index (Phi) is 10.8. The number of alkyl carbamates (subject to hydrolysis) is 1. The van der Waals surface area contributed by atoms with Crippen LogP contribution in [0.4, 0.5) is 4.79 Å². The van der Waals surface area contributed by atoms with E-state index in [9.17, 15) is 24.0 Å². The van der Waals surface area contributed by atoms with Crippen molar-refractivity contribution in [3.05, 3.63) is 0 Å². The standard InChI is InChI=1S/C22H40N4O7/c1-13(2)15(24-18(30)22(8,9)26-19(31)33-20(3,4)5)16(28)25-21(6,7)17(29)23-12-11-14(27)32-10/h13,15H,11-12H2,1-10H3,(H,23,29)(H,24,30)(H,25,28)(H,26,31)/t15-/m0/s1. The zero-order valence-electron chi connectivity index (χ0n) is 21.4. The van der Waals surface area contributed by atoms with Gasteiger partial charge in [-0.05, 0) is 54.4 Å². The Morgan fingerprint density at radius 2 is 1.33 bits per heavy atom. The van der Waals surface area contributed by atoms with Gasteiger partial charge in [-0.1, -0.05) is 13.8 Å². The monoisotopic (exact) mass is 472 g/mol. The molecular formula is C22H40N4O7. The minimum absolute atomic E-state index is 0.00330. The number of hydrogen-bond donors (Lipinski definition) is 4. The topological polar surface area (TPSA) is 152 Å². The molecule has 0 saturated heterocycles. The predicted octanol–water partition coefficient (Wildman–Crippen LogP) is 1.00. The zero-order chi connectivity index (χ0) is 26.2. The van der Waals surface area contributed by atoms with Gasteiger partial charge >= 0.3 is 12.1 Å². The van der Waals surface area contributed by atoms with Crippen molar-refractivity contribution >= 4 is 29.8 Å². The summed E-state index contributed by atoms with van der Waals surface area (Å²) < 4.78 is 9.71. The molecule has 33 heavy (non-hydrogen) atoms. The lowest BCUT2D eigenvalue weighted by Gasteiger charge is -2.32. The van der Waals surface area contributed by atoms with Gasteiger partial charge in [0.15, 0.2) is 0 Å². The second-order valence-corrected chi connectivity index (χ2v) is 10.1. The summed E-state index contributed by atoms with van der Waals surface area (Å²) in [4.78, 5) is 61.5. The van der Waals surface area contributed by atoms with E-state index >= 15 is 0 Å². The van der Waals surface area contributed by atoms with Gasteiger partial charge in [0.25, 0.3) is 0 Å². The van der Waals surface area contributed by atoms with Crippen LogP contribution in [0.3, 0.4) is 0 Å². The number of esters is 1. The molecule has 0 aliphatic rings. The average Bonchev–Trinajstić information content (AvgIpc) is 2.62. The number of carbonyl (C=O) groups is 5. The van der Waals surface area contributed by atoms with E-state index in [1.54, 1.807) is 34.6 Å². The van der Waals surface area contributed by atoms with Crippen molar-refractivity contribution in [2.24, 2.45) is 5.92 Å². The smallest absolute Gasteiger partial charge is 0.408 e. The highest BCUT2D eigenvalue weighted by atomic mass is 16.6. The van der Waals surface area contributed by atoms with Crippen LogP contribution in [0.5, 0.6) is 0 Å². The summed E-state index contributed by atoms with van der Waals surface area (Å²) in [6.45, 7) is 14.6. The van der Waals surface area contributed by atoms with E-state index in [-0.39, 0.29) is 18.9 Å². The SMILES string of the molecule is COC(=O)CCNC(=O)C(C)(C)NC(=O)[C@@H](NC(=O)C(C)(C)NC(=O)OC(C)(C)C)C(C)C. The third-order valence-electron chi connectivity index (χ3n) is 4.46. The van der Waals surface area contributed by atoms with Gasteiger partial charge < -0.3 is 30.7 Å². The molecule has 0 saturated carbocycles. The Morgan fingerprint density at radius 3 is 1.79 bits per heavy atom. The maximum absolute atomic E-state index is 12.9. The highest BCUT2D eigenvalue weighted by Gasteiger charge is 2.37. The first-order valence-electron chi connectivity index (χ1n) is 10.8. The fourth-order valence-corrected chi connectivity index (χ4v) is 2.52. The first-order valence-corrected chi connectivity index (χ1v) is 10.8. The van der Waals surface area contributed by atoms with Crippen LogP contribution in [0.2, 0.25) is 0 Å². The fourth-order valence-electron chi connectivity index (χ4n) is 2.52. The molecule has 0 heterocycles. The molecule has 11 heteroatoms. The summed E-state index contributed by atoms with van der Waals surface area (Å²) in [6.07, 6.45) is -0.769. The normalized spacial score (nSPS) is 12.9. The van der Waals surface area contributed by atoms with Crippen molar-refractivity contribution in [3.8, 4) is 0 Å². The first kappa shape index (κ1) is 30.1. The molecule has 0 unspecified atom stereocenters. The molecule has 11 nitrogen and oxygen atoms in total. The Morgan fingerprint density at radius 1 is 0.818 bits per heavy atom. The predicted molar refractivity (Wildman–Crippen MR) is 122 cm³/mol. The van der Waals surface area contributed by atoms with E-state index in [1.807, 2.05) is 0 Å². The quantitative estimate of drug-likeness (QED) is 0.346. The second kappa shape index (κ2) is 11.9. The second-order valence-electron chi connectivity index (χ2n) is 10.1. The highest BCUT2D eigenvalue weighted by Crippen LogP contribution is 2.12. The van der Waals surface area contributed by atoms with E-state index < -0.39 is 52.5 Å². The van der Waals surface area contributed by atoms with Crippen molar-refractivity contribution in [2.75, 3.05) is 13.7 Å². The first-order chi connectivity index (χ1) is 14.8. The van der Waals surface area contributed by atoms with Crippen molar-refractivity contribution < 1.29 is 33.4 Å². The maximum atomic E-state index is 12.9. The van der Waals surface area contributed by atoms with Crippen LogP contribution in [-0.4, -0.2) is 66.2 Å². The van der Waals surface area contributed by atoms with Gasteiger partial charge in [0.05, 0.1) is 13.5 Å². The van der Waals surface area contributed by atoms with Gasteiger partial charge in [0, 0.05) is 6.54 Å². The molecule has 0 aliphatic heterocycles. The van der Waals surface area contributed by atoms with Crippen LogP contribution in [0.15, 0.2) is 0 Å². The lowest BCUT2D eigenvalue weighted by molar-refractivity contribution is -0.140. The van der Waals surface area contributed by atoms with Crippen LogP contribution in [0, 0.1) is 5.92 Å². The molecule has 1 atom stereocenters. The summed E-state index contributed by atoms with van der Waals surface area (Å²) in [5, 5.41) is 10.3. The van der Waals surface area contributed by atoms with E-state index in [0.29, 0.717) is 0 Å². The third kappa shape index (κ3) is 11.0.